The van der Waals surface area contributed by atoms with Crippen molar-refractivity contribution >= 4 is 21.6 Å². The SMILES string of the molecule is CN(O)C(C)(C)/C=C(/CNCC(O)C1CCc2cc3c(cc2O1)CSSC3)C(C)(C)C. The van der Waals surface area contributed by atoms with Crippen molar-refractivity contribution in [2.75, 3.05) is 20.1 Å². The summed E-state index contributed by atoms with van der Waals surface area (Å²) in [5.74, 6) is 3.03. The average Bonchev–Trinajstić information content (AvgIpc) is 2.70. The fraction of sp³-hybridized carbons (Fsp3) is 0.667. The fourth-order valence-corrected chi connectivity index (χ4v) is 6.05. The molecule has 0 fully saturated rings. The first-order valence-corrected chi connectivity index (χ1v) is 13.6. The molecule has 2 aliphatic rings. The van der Waals surface area contributed by atoms with E-state index in [0.29, 0.717) is 13.1 Å². The van der Waals surface area contributed by atoms with Gasteiger partial charge in [-0.3, -0.25) is 0 Å². The van der Waals surface area contributed by atoms with Crippen molar-refractivity contribution in [2.45, 2.75) is 76.7 Å². The van der Waals surface area contributed by atoms with Gasteiger partial charge >= 0.3 is 0 Å². The highest BCUT2D eigenvalue weighted by Gasteiger charge is 2.29. The van der Waals surface area contributed by atoms with Crippen LogP contribution in [0.25, 0.3) is 0 Å². The Bertz CT molecular complexity index is 803. The Hall–Kier alpha value is -0.700. The van der Waals surface area contributed by atoms with E-state index in [-0.39, 0.29) is 11.5 Å². The molecule has 0 saturated carbocycles. The van der Waals surface area contributed by atoms with Crippen molar-refractivity contribution in [1.29, 1.82) is 0 Å². The van der Waals surface area contributed by atoms with E-state index >= 15 is 0 Å². The van der Waals surface area contributed by atoms with Gasteiger partial charge in [-0.1, -0.05) is 60.1 Å². The molecule has 2 unspecified atom stereocenters. The van der Waals surface area contributed by atoms with Crippen LogP contribution >= 0.6 is 21.6 Å². The van der Waals surface area contributed by atoms with E-state index in [1.54, 1.807) is 7.05 Å². The summed E-state index contributed by atoms with van der Waals surface area (Å²) in [4.78, 5) is 0. The number of benzene rings is 1. The molecule has 2 atom stereocenters. The molecule has 0 bridgehead atoms. The van der Waals surface area contributed by atoms with Gasteiger partial charge in [-0.15, -0.1) is 0 Å². The van der Waals surface area contributed by atoms with E-state index in [0.717, 1.165) is 30.1 Å². The van der Waals surface area contributed by atoms with Crippen LogP contribution in [0.2, 0.25) is 0 Å². The molecule has 3 rings (SSSR count). The van der Waals surface area contributed by atoms with Crippen LogP contribution < -0.4 is 10.1 Å². The summed E-state index contributed by atoms with van der Waals surface area (Å²) in [5, 5.41) is 25.4. The van der Waals surface area contributed by atoms with Crippen LogP contribution in [0, 0.1) is 5.41 Å². The van der Waals surface area contributed by atoms with Gasteiger partial charge in [-0.2, -0.15) is 5.06 Å². The van der Waals surface area contributed by atoms with Crippen LogP contribution in [0.5, 0.6) is 5.75 Å². The third-order valence-electron chi connectivity index (χ3n) is 6.29. The van der Waals surface area contributed by atoms with Gasteiger partial charge in [0.25, 0.3) is 0 Å². The molecule has 7 heteroatoms. The molecule has 1 aromatic carbocycles. The van der Waals surface area contributed by atoms with Gasteiger partial charge in [0.1, 0.15) is 18.0 Å². The molecule has 3 N–H and O–H groups in total. The van der Waals surface area contributed by atoms with Gasteiger partial charge in [-0.25, -0.2) is 0 Å². The normalized spacial score (nSPS) is 20.8. The van der Waals surface area contributed by atoms with E-state index in [1.807, 2.05) is 35.4 Å². The van der Waals surface area contributed by atoms with Crippen molar-refractivity contribution in [3.05, 3.63) is 40.5 Å². The second-order valence-electron chi connectivity index (χ2n) is 10.2. The first kappa shape index (κ1) is 24.9. The van der Waals surface area contributed by atoms with E-state index in [1.165, 1.54) is 27.3 Å². The minimum Gasteiger partial charge on any atom is -0.487 e. The quantitative estimate of drug-likeness (QED) is 0.303. The summed E-state index contributed by atoms with van der Waals surface area (Å²) >= 11 is 0. The van der Waals surface area contributed by atoms with Crippen LogP contribution in [-0.2, 0) is 17.9 Å². The zero-order chi connectivity index (χ0) is 22.8. The molecule has 2 heterocycles. The molecule has 0 saturated heterocycles. The number of hydrogen-bond donors (Lipinski definition) is 3. The summed E-state index contributed by atoms with van der Waals surface area (Å²) in [6, 6.07) is 4.50. The zero-order valence-electron chi connectivity index (χ0n) is 19.7. The van der Waals surface area contributed by atoms with Crippen molar-refractivity contribution in [3.63, 3.8) is 0 Å². The topological polar surface area (TPSA) is 65.0 Å². The van der Waals surface area contributed by atoms with Gasteiger partial charge in [0.05, 0.1) is 5.54 Å². The Balaban J connectivity index is 1.59. The van der Waals surface area contributed by atoms with Crippen LogP contribution in [0.4, 0.5) is 0 Å². The molecule has 0 spiro atoms. The third kappa shape index (κ3) is 6.42. The summed E-state index contributed by atoms with van der Waals surface area (Å²) in [5.41, 5.74) is 4.77. The van der Waals surface area contributed by atoms with E-state index in [4.69, 9.17) is 4.74 Å². The summed E-state index contributed by atoms with van der Waals surface area (Å²) in [7, 11) is 5.48. The number of aliphatic hydroxyl groups excluding tert-OH is 1. The lowest BCUT2D eigenvalue weighted by Gasteiger charge is -2.33. The maximum Gasteiger partial charge on any atom is 0.126 e. The molecule has 1 aromatic rings. The lowest BCUT2D eigenvalue weighted by atomic mass is 9.83. The van der Waals surface area contributed by atoms with Crippen LogP contribution in [0.15, 0.2) is 23.8 Å². The Labute approximate surface area is 195 Å². The first-order valence-electron chi connectivity index (χ1n) is 11.1. The number of hydrogen-bond acceptors (Lipinski definition) is 7. The number of nitrogens with zero attached hydrogens (tertiary/aromatic N) is 1. The van der Waals surface area contributed by atoms with Gasteiger partial charge in [0, 0.05) is 31.6 Å². The summed E-state index contributed by atoms with van der Waals surface area (Å²) in [6.45, 7) is 11.6. The van der Waals surface area contributed by atoms with Gasteiger partial charge in [0.15, 0.2) is 0 Å². The smallest absolute Gasteiger partial charge is 0.126 e. The first-order chi connectivity index (χ1) is 14.5. The second-order valence-corrected chi connectivity index (χ2v) is 12.7. The van der Waals surface area contributed by atoms with E-state index in [9.17, 15) is 10.3 Å². The average molecular weight is 467 g/mol. The van der Waals surface area contributed by atoms with Crippen LogP contribution in [0.1, 0.15) is 57.7 Å². The number of likely N-dealkylation sites (N-methyl/N-ethyl adjacent to an activating group) is 1. The van der Waals surface area contributed by atoms with Crippen molar-refractivity contribution < 1.29 is 15.1 Å². The predicted molar refractivity (Wildman–Crippen MR) is 132 cm³/mol. The zero-order valence-corrected chi connectivity index (χ0v) is 21.3. The highest BCUT2D eigenvalue weighted by atomic mass is 33.1. The molecule has 5 nitrogen and oxygen atoms in total. The Morgan fingerprint density at radius 2 is 1.84 bits per heavy atom. The molecule has 2 aliphatic heterocycles. The van der Waals surface area contributed by atoms with E-state index < -0.39 is 11.6 Å². The second kappa shape index (κ2) is 10.1. The van der Waals surface area contributed by atoms with Crippen molar-refractivity contribution in [2.24, 2.45) is 5.41 Å². The maximum atomic E-state index is 10.8. The molecule has 174 valence electrons. The third-order valence-corrected chi connectivity index (χ3v) is 8.53. The standard InChI is InChI=1S/C24H38N2O3S2/c1-23(2,3)19(11-24(4,5)26(6)28)12-25-13-20(27)21-8-7-16-9-17-14-30-31-15-18(17)10-22(16)29-21/h9-11,20-21,25,27-28H,7-8,12-15H2,1-6H3/b19-11-. The predicted octanol–water partition coefficient (Wildman–Crippen LogP) is 4.80. The summed E-state index contributed by atoms with van der Waals surface area (Å²) < 4.78 is 6.24. The molecule has 0 aromatic heterocycles. The number of aryl methyl sites for hydroxylation is 1. The Morgan fingerprint density at radius 1 is 1.19 bits per heavy atom. The lowest BCUT2D eigenvalue weighted by molar-refractivity contribution is -0.121. The molecule has 0 radical (unpaired) electrons. The van der Waals surface area contributed by atoms with Crippen molar-refractivity contribution in [3.8, 4) is 5.75 Å². The molecule has 0 aliphatic carbocycles. The number of ether oxygens (including phenoxy) is 1. The monoisotopic (exact) mass is 466 g/mol. The van der Waals surface area contributed by atoms with Gasteiger partial charge in [0.2, 0.25) is 0 Å². The molecule has 31 heavy (non-hydrogen) atoms. The Morgan fingerprint density at radius 3 is 2.45 bits per heavy atom. The highest BCUT2D eigenvalue weighted by Crippen LogP contribution is 2.41. The molecular formula is C24H38N2O3S2. The minimum absolute atomic E-state index is 0.0408. The van der Waals surface area contributed by atoms with Crippen LogP contribution in [-0.4, -0.2) is 53.3 Å². The molecular weight excluding hydrogens is 428 g/mol. The van der Waals surface area contributed by atoms with Gasteiger partial charge < -0.3 is 20.4 Å². The minimum atomic E-state index is -0.566. The molecule has 0 amide bonds. The summed E-state index contributed by atoms with van der Waals surface area (Å²) in [6.07, 6.45) is 3.14. The Kier molecular flexibility index (Phi) is 8.09. The maximum absolute atomic E-state index is 10.8. The largest absolute Gasteiger partial charge is 0.487 e. The lowest BCUT2D eigenvalue weighted by Crippen LogP contribution is -2.43. The number of rotatable bonds is 7. The fourth-order valence-electron chi connectivity index (χ4n) is 3.83. The number of aliphatic hydroxyl groups is 1. The highest BCUT2D eigenvalue weighted by molar-refractivity contribution is 8.76. The van der Waals surface area contributed by atoms with E-state index in [2.05, 4.69) is 44.3 Å². The van der Waals surface area contributed by atoms with Crippen molar-refractivity contribution in [1.82, 2.24) is 10.4 Å². The number of fused-ring (bicyclic) bond motifs is 2. The van der Waals surface area contributed by atoms with Crippen LogP contribution in [0.3, 0.4) is 0 Å². The number of hydroxylamine groups is 2. The number of nitrogens with one attached hydrogen (secondary N) is 1. The van der Waals surface area contributed by atoms with Gasteiger partial charge in [-0.05, 0) is 54.9 Å².